The molecule has 1 aromatic rings. The molecule has 2 aliphatic rings. The summed E-state index contributed by atoms with van der Waals surface area (Å²) in [7, 11) is 1.59. The molecule has 2 fully saturated rings. The van der Waals surface area contributed by atoms with Crippen LogP contribution in [0.5, 0.6) is 11.5 Å². The Balaban J connectivity index is 1.95. The van der Waals surface area contributed by atoms with E-state index < -0.39 is 11.4 Å². The van der Waals surface area contributed by atoms with Crippen LogP contribution in [-0.4, -0.2) is 37.5 Å². The van der Waals surface area contributed by atoms with Crippen LogP contribution in [0.3, 0.4) is 0 Å². The Hall–Kier alpha value is -1.75. The average Bonchev–Trinajstić information content (AvgIpc) is 2.63. The lowest BCUT2D eigenvalue weighted by molar-refractivity contribution is -0.145. The second-order valence-electron chi connectivity index (χ2n) is 6.71. The molecule has 0 radical (unpaired) electrons. The van der Waals surface area contributed by atoms with E-state index in [0.717, 1.165) is 37.7 Å². The highest BCUT2D eigenvalue weighted by Crippen LogP contribution is 2.46. The second kappa shape index (κ2) is 7.43. The van der Waals surface area contributed by atoms with Gasteiger partial charge in [-0.2, -0.15) is 0 Å². The number of carbonyl (C=O) groups is 1. The normalized spacial score (nSPS) is 21.2. The van der Waals surface area contributed by atoms with E-state index in [-0.39, 0.29) is 6.10 Å². The Morgan fingerprint density at radius 3 is 2.54 bits per heavy atom. The third-order valence-electron chi connectivity index (χ3n) is 5.28. The summed E-state index contributed by atoms with van der Waals surface area (Å²) in [6, 6.07) is 5.64. The lowest BCUT2D eigenvalue weighted by Crippen LogP contribution is -2.38. The molecule has 1 heterocycles. The van der Waals surface area contributed by atoms with Crippen LogP contribution < -0.4 is 9.47 Å². The number of carboxylic acids is 1. The van der Waals surface area contributed by atoms with E-state index in [4.69, 9.17) is 14.2 Å². The molecule has 3 rings (SSSR count). The minimum Gasteiger partial charge on any atom is -0.493 e. The lowest BCUT2D eigenvalue weighted by atomic mass is 9.69. The molecule has 0 atom stereocenters. The van der Waals surface area contributed by atoms with E-state index in [1.165, 1.54) is 0 Å². The van der Waals surface area contributed by atoms with E-state index in [1.54, 1.807) is 7.11 Å². The van der Waals surface area contributed by atoms with Crippen molar-refractivity contribution < 1.29 is 24.1 Å². The van der Waals surface area contributed by atoms with Crippen LogP contribution in [0.4, 0.5) is 0 Å². The molecule has 1 aromatic carbocycles. The highest BCUT2D eigenvalue weighted by Gasteiger charge is 2.44. The molecule has 1 saturated heterocycles. The maximum absolute atomic E-state index is 12.1. The van der Waals surface area contributed by atoms with Crippen LogP contribution in [0, 0.1) is 0 Å². The Labute approximate surface area is 142 Å². The van der Waals surface area contributed by atoms with Gasteiger partial charge in [0.05, 0.1) is 25.7 Å². The van der Waals surface area contributed by atoms with Gasteiger partial charge >= 0.3 is 5.97 Å². The topological polar surface area (TPSA) is 65.0 Å². The zero-order valence-corrected chi connectivity index (χ0v) is 14.3. The molecule has 0 bridgehead atoms. The molecule has 132 valence electrons. The quantitative estimate of drug-likeness (QED) is 0.892. The predicted octanol–water partition coefficient (Wildman–Crippen LogP) is 3.54. The van der Waals surface area contributed by atoms with Gasteiger partial charge in [0.2, 0.25) is 0 Å². The van der Waals surface area contributed by atoms with E-state index in [2.05, 4.69) is 0 Å². The van der Waals surface area contributed by atoms with Gasteiger partial charge in [-0.15, -0.1) is 0 Å². The molecular formula is C19H26O5. The SMILES string of the molecule is COc1c(OC2CCOCC2)cccc1C1(C(=O)O)CCCCC1. The van der Waals surface area contributed by atoms with Gasteiger partial charge in [-0.25, -0.2) is 0 Å². The summed E-state index contributed by atoms with van der Waals surface area (Å²) in [5, 5.41) is 9.96. The van der Waals surface area contributed by atoms with Crippen molar-refractivity contribution in [3.63, 3.8) is 0 Å². The van der Waals surface area contributed by atoms with Crippen molar-refractivity contribution in [1.82, 2.24) is 0 Å². The van der Waals surface area contributed by atoms with Crippen LogP contribution in [-0.2, 0) is 14.9 Å². The number of benzene rings is 1. The number of hydrogen-bond donors (Lipinski definition) is 1. The number of carboxylic acid groups (broad SMARTS) is 1. The Kier molecular flexibility index (Phi) is 5.29. The van der Waals surface area contributed by atoms with Crippen molar-refractivity contribution in [3.05, 3.63) is 23.8 Å². The van der Waals surface area contributed by atoms with Crippen LogP contribution >= 0.6 is 0 Å². The van der Waals surface area contributed by atoms with E-state index >= 15 is 0 Å². The highest BCUT2D eigenvalue weighted by atomic mass is 16.5. The standard InChI is InChI=1S/C19H26O5/c1-22-17-15(19(18(20)21)10-3-2-4-11-19)6-5-7-16(17)24-14-8-12-23-13-9-14/h5-7,14H,2-4,8-13H2,1H3,(H,20,21). The van der Waals surface area contributed by atoms with Gasteiger partial charge in [0.25, 0.3) is 0 Å². The molecule has 5 heteroatoms. The molecule has 1 N–H and O–H groups in total. The van der Waals surface area contributed by atoms with Crippen LogP contribution in [0.25, 0.3) is 0 Å². The van der Waals surface area contributed by atoms with Crippen molar-refractivity contribution >= 4 is 5.97 Å². The molecule has 0 spiro atoms. The first kappa shape index (κ1) is 17.1. The fourth-order valence-electron chi connectivity index (χ4n) is 3.92. The molecule has 0 aromatic heterocycles. The van der Waals surface area contributed by atoms with E-state index in [0.29, 0.717) is 37.6 Å². The molecule has 5 nitrogen and oxygen atoms in total. The summed E-state index contributed by atoms with van der Waals surface area (Å²) >= 11 is 0. The first-order chi connectivity index (χ1) is 11.7. The number of aliphatic carboxylic acids is 1. The number of rotatable bonds is 5. The summed E-state index contributed by atoms with van der Waals surface area (Å²) < 4.78 is 17.1. The first-order valence-electron chi connectivity index (χ1n) is 8.82. The summed E-state index contributed by atoms with van der Waals surface area (Å²) in [6.45, 7) is 1.40. The number of hydrogen-bond acceptors (Lipinski definition) is 4. The van der Waals surface area contributed by atoms with Crippen LogP contribution in [0.15, 0.2) is 18.2 Å². The average molecular weight is 334 g/mol. The Bertz CT molecular complexity index is 571. The van der Waals surface area contributed by atoms with Crippen molar-refractivity contribution in [2.75, 3.05) is 20.3 Å². The summed E-state index contributed by atoms with van der Waals surface area (Å²) in [6.07, 6.45) is 6.04. The fourth-order valence-corrected chi connectivity index (χ4v) is 3.92. The maximum atomic E-state index is 12.1. The van der Waals surface area contributed by atoms with E-state index in [9.17, 15) is 9.90 Å². The summed E-state index contributed by atoms with van der Waals surface area (Å²) in [4.78, 5) is 12.1. The van der Waals surface area contributed by atoms with Crippen molar-refractivity contribution in [3.8, 4) is 11.5 Å². The van der Waals surface area contributed by atoms with Crippen molar-refractivity contribution in [2.24, 2.45) is 0 Å². The molecule has 0 amide bonds. The lowest BCUT2D eigenvalue weighted by Gasteiger charge is -2.35. The largest absolute Gasteiger partial charge is 0.493 e. The van der Waals surface area contributed by atoms with E-state index in [1.807, 2.05) is 18.2 Å². The van der Waals surface area contributed by atoms with Gasteiger partial charge in [-0.1, -0.05) is 31.4 Å². The third-order valence-corrected chi connectivity index (χ3v) is 5.28. The Morgan fingerprint density at radius 1 is 1.21 bits per heavy atom. The van der Waals surface area contributed by atoms with Crippen molar-refractivity contribution in [1.29, 1.82) is 0 Å². The van der Waals surface area contributed by atoms with Gasteiger partial charge in [-0.3, -0.25) is 4.79 Å². The molecule has 1 saturated carbocycles. The van der Waals surface area contributed by atoms with Gasteiger partial charge in [0.1, 0.15) is 6.10 Å². The zero-order chi connectivity index (χ0) is 17.0. The zero-order valence-electron chi connectivity index (χ0n) is 14.3. The monoisotopic (exact) mass is 334 g/mol. The van der Waals surface area contributed by atoms with Crippen LogP contribution in [0.2, 0.25) is 0 Å². The number of methoxy groups -OCH3 is 1. The molecule has 0 unspecified atom stereocenters. The minimum absolute atomic E-state index is 0.0926. The summed E-state index contributed by atoms with van der Waals surface area (Å²) in [5.74, 6) is 0.463. The second-order valence-corrected chi connectivity index (χ2v) is 6.71. The third kappa shape index (κ3) is 3.22. The molecule has 1 aliphatic heterocycles. The molecule has 24 heavy (non-hydrogen) atoms. The molecule has 1 aliphatic carbocycles. The van der Waals surface area contributed by atoms with Gasteiger partial charge < -0.3 is 19.3 Å². The maximum Gasteiger partial charge on any atom is 0.314 e. The van der Waals surface area contributed by atoms with Gasteiger partial charge in [-0.05, 0) is 18.9 Å². The minimum atomic E-state index is -0.862. The van der Waals surface area contributed by atoms with Gasteiger partial charge in [0.15, 0.2) is 11.5 Å². The Morgan fingerprint density at radius 2 is 1.92 bits per heavy atom. The van der Waals surface area contributed by atoms with Crippen LogP contribution in [0.1, 0.15) is 50.5 Å². The first-order valence-corrected chi connectivity index (χ1v) is 8.82. The fraction of sp³-hybridized carbons (Fsp3) is 0.632. The highest BCUT2D eigenvalue weighted by molar-refractivity contribution is 5.83. The predicted molar refractivity (Wildman–Crippen MR) is 89.9 cm³/mol. The smallest absolute Gasteiger partial charge is 0.314 e. The number of ether oxygens (including phenoxy) is 3. The van der Waals surface area contributed by atoms with Crippen molar-refractivity contribution in [2.45, 2.75) is 56.5 Å². The summed E-state index contributed by atoms with van der Waals surface area (Å²) in [5.41, 5.74) is -0.111. The molecular weight excluding hydrogens is 308 g/mol. The number of para-hydroxylation sites is 1. The van der Waals surface area contributed by atoms with Gasteiger partial charge in [0, 0.05) is 18.4 Å².